The molecule has 1 aliphatic carbocycles. The summed E-state index contributed by atoms with van der Waals surface area (Å²) >= 11 is 0. The normalized spacial score (nSPS) is 45.4. The van der Waals surface area contributed by atoms with Gasteiger partial charge < -0.3 is 10.2 Å². The Kier molecular flexibility index (Phi) is 2.08. The van der Waals surface area contributed by atoms with Crippen LogP contribution in [0.5, 0.6) is 0 Å². The predicted octanol–water partition coefficient (Wildman–Crippen LogP) is 1.08. The Morgan fingerprint density at radius 2 is 2.18 bits per heavy atom. The Labute approximate surface area is 67.6 Å². The second-order valence-electron chi connectivity index (χ2n) is 3.85. The summed E-state index contributed by atoms with van der Waals surface area (Å²) in [6.45, 7) is 5.59. The Morgan fingerprint density at radius 1 is 1.64 bits per heavy atom. The number of hydrogen-bond acceptors (Lipinski definition) is 2. The van der Waals surface area contributed by atoms with Crippen LogP contribution in [0.4, 0.5) is 0 Å². The van der Waals surface area contributed by atoms with E-state index >= 15 is 0 Å². The molecule has 0 aromatic carbocycles. The minimum Gasteiger partial charge on any atom is -0.390 e. The van der Waals surface area contributed by atoms with Crippen molar-refractivity contribution < 1.29 is 10.2 Å². The third kappa shape index (κ3) is 1.63. The van der Waals surface area contributed by atoms with Gasteiger partial charge in [0.15, 0.2) is 0 Å². The minimum atomic E-state index is -0.932. The summed E-state index contributed by atoms with van der Waals surface area (Å²) in [6, 6.07) is 0. The second kappa shape index (κ2) is 2.61. The van der Waals surface area contributed by atoms with Crippen molar-refractivity contribution in [3.63, 3.8) is 0 Å². The Hall–Kier alpha value is -0.340. The molecule has 0 fully saturated rings. The number of rotatable bonds is 0. The molecule has 1 rings (SSSR count). The monoisotopic (exact) mass is 156 g/mol. The molecule has 0 heterocycles. The van der Waals surface area contributed by atoms with Crippen LogP contribution >= 0.6 is 0 Å². The molecule has 1 aliphatic rings. The highest BCUT2D eigenvalue weighted by atomic mass is 16.3. The summed E-state index contributed by atoms with van der Waals surface area (Å²) in [5, 5.41) is 19.2. The molecule has 3 atom stereocenters. The lowest BCUT2D eigenvalue weighted by Gasteiger charge is -2.36. The number of hydrogen-bond donors (Lipinski definition) is 2. The molecule has 11 heavy (non-hydrogen) atoms. The molecule has 0 aliphatic heterocycles. The van der Waals surface area contributed by atoms with Gasteiger partial charge in [-0.1, -0.05) is 18.6 Å². The summed E-state index contributed by atoms with van der Waals surface area (Å²) in [6.07, 6.45) is 1.98. The van der Waals surface area contributed by atoms with Gasteiger partial charge in [-0.3, -0.25) is 0 Å². The van der Waals surface area contributed by atoms with Crippen molar-refractivity contribution in [2.24, 2.45) is 5.92 Å². The van der Waals surface area contributed by atoms with Crippen LogP contribution in [-0.2, 0) is 0 Å². The van der Waals surface area contributed by atoms with E-state index < -0.39 is 11.7 Å². The molecule has 0 amide bonds. The zero-order valence-corrected chi connectivity index (χ0v) is 7.33. The Bertz CT molecular complexity index is 182. The van der Waals surface area contributed by atoms with Gasteiger partial charge in [-0.2, -0.15) is 0 Å². The van der Waals surface area contributed by atoms with E-state index in [0.717, 1.165) is 5.57 Å². The van der Waals surface area contributed by atoms with Crippen LogP contribution in [0.2, 0.25) is 0 Å². The van der Waals surface area contributed by atoms with Crippen LogP contribution in [0.25, 0.3) is 0 Å². The molecule has 2 N–H and O–H groups in total. The molecular formula is C9H16O2. The second-order valence-corrected chi connectivity index (χ2v) is 3.85. The standard InChI is InChI=1S/C9H16O2/c1-6-4-7(2)8(10)9(3,11)5-6/h4,7-8,10-11H,5H2,1-3H3. The minimum absolute atomic E-state index is 0.0683. The van der Waals surface area contributed by atoms with E-state index in [1.807, 2.05) is 19.9 Å². The van der Waals surface area contributed by atoms with Crippen LogP contribution in [-0.4, -0.2) is 21.9 Å². The molecule has 64 valence electrons. The summed E-state index contributed by atoms with van der Waals surface area (Å²) in [7, 11) is 0. The lowest BCUT2D eigenvalue weighted by Crippen LogP contribution is -2.45. The van der Waals surface area contributed by atoms with Gasteiger partial charge in [-0.15, -0.1) is 0 Å². The first-order valence-corrected chi connectivity index (χ1v) is 4.01. The smallest absolute Gasteiger partial charge is 0.0919 e. The lowest BCUT2D eigenvalue weighted by molar-refractivity contribution is -0.0825. The largest absolute Gasteiger partial charge is 0.390 e. The van der Waals surface area contributed by atoms with Crippen molar-refractivity contribution >= 4 is 0 Å². The topological polar surface area (TPSA) is 40.5 Å². The maximum Gasteiger partial charge on any atom is 0.0919 e. The quantitative estimate of drug-likeness (QED) is 0.515. The van der Waals surface area contributed by atoms with E-state index in [9.17, 15) is 10.2 Å². The highest BCUT2D eigenvalue weighted by Gasteiger charge is 2.36. The lowest BCUT2D eigenvalue weighted by atomic mass is 9.79. The van der Waals surface area contributed by atoms with Crippen molar-refractivity contribution in [1.82, 2.24) is 0 Å². The number of aliphatic hydroxyl groups is 2. The molecule has 0 saturated carbocycles. The van der Waals surface area contributed by atoms with E-state index in [1.165, 1.54) is 0 Å². The maximum atomic E-state index is 9.69. The molecule has 0 aromatic heterocycles. The first-order chi connectivity index (χ1) is 4.93. The van der Waals surface area contributed by atoms with Crippen molar-refractivity contribution in [1.29, 1.82) is 0 Å². The van der Waals surface area contributed by atoms with Gasteiger partial charge in [0, 0.05) is 5.92 Å². The maximum absolute atomic E-state index is 9.69. The van der Waals surface area contributed by atoms with Gasteiger partial charge in [0.1, 0.15) is 0 Å². The molecule has 0 bridgehead atoms. The first kappa shape index (κ1) is 8.75. The van der Waals surface area contributed by atoms with Crippen molar-refractivity contribution in [2.75, 3.05) is 0 Å². The van der Waals surface area contributed by atoms with Crippen molar-refractivity contribution in [3.05, 3.63) is 11.6 Å². The third-order valence-electron chi connectivity index (χ3n) is 2.32. The van der Waals surface area contributed by atoms with E-state index in [2.05, 4.69) is 0 Å². The highest BCUT2D eigenvalue weighted by Crippen LogP contribution is 2.31. The average molecular weight is 156 g/mol. The number of aliphatic hydroxyl groups excluding tert-OH is 1. The SMILES string of the molecule is CC1=CC(C)C(O)C(C)(O)C1. The highest BCUT2D eigenvalue weighted by molar-refractivity contribution is 5.13. The summed E-state index contributed by atoms with van der Waals surface area (Å²) in [5.41, 5.74) is 0.228. The van der Waals surface area contributed by atoms with Crippen LogP contribution in [0, 0.1) is 5.92 Å². The van der Waals surface area contributed by atoms with Crippen LogP contribution in [0.15, 0.2) is 11.6 Å². The van der Waals surface area contributed by atoms with Crippen LogP contribution < -0.4 is 0 Å². The molecule has 2 nitrogen and oxygen atoms in total. The average Bonchev–Trinajstić information content (AvgIpc) is 1.81. The molecule has 0 aromatic rings. The van der Waals surface area contributed by atoms with Gasteiger partial charge in [0.05, 0.1) is 11.7 Å². The van der Waals surface area contributed by atoms with Gasteiger partial charge in [0.2, 0.25) is 0 Å². The van der Waals surface area contributed by atoms with Gasteiger partial charge in [-0.25, -0.2) is 0 Å². The van der Waals surface area contributed by atoms with Crippen molar-refractivity contribution in [2.45, 2.75) is 38.9 Å². The van der Waals surface area contributed by atoms with Gasteiger partial charge in [0.25, 0.3) is 0 Å². The zero-order valence-electron chi connectivity index (χ0n) is 7.33. The van der Waals surface area contributed by atoms with Crippen LogP contribution in [0.3, 0.4) is 0 Å². The van der Waals surface area contributed by atoms with E-state index in [4.69, 9.17) is 0 Å². The van der Waals surface area contributed by atoms with Crippen molar-refractivity contribution in [3.8, 4) is 0 Å². The first-order valence-electron chi connectivity index (χ1n) is 4.01. The Balaban J connectivity index is 2.85. The fourth-order valence-electron chi connectivity index (χ4n) is 1.83. The molecule has 0 spiro atoms. The Morgan fingerprint density at radius 3 is 2.64 bits per heavy atom. The molecule has 0 saturated heterocycles. The zero-order chi connectivity index (χ0) is 8.65. The van der Waals surface area contributed by atoms with E-state index in [1.54, 1.807) is 6.92 Å². The molecule has 2 heteroatoms. The van der Waals surface area contributed by atoms with E-state index in [0.29, 0.717) is 6.42 Å². The third-order valence-corrected chi connectivity index (χ3v) is 2.32. The summed E-state index contributed by atoms with van der Waals surface area (Å²) in [5.74, 6) is 0.0683. The molecular weight excluding hydrogens is 140 g/mol. The predicted molar refractivity (Wildman–Crippen MR) is 44.2 cm³/mol. The molecule has 0 radical (unpaired) electrons. The molecule has 3 unspecified atom stereocenters. The van der Waals surface area contributed by atoms with Crippen LogP contribution in [0.1, 0.15) is 27.2 Å². The summed E-state index contributed by atoms with van der Waals surface area (Å²) < 4.78 is 0. The van der Waals surface area contributed by atoms with E-state index in [-0.39, 0.29) is 5.92 Å². The van der Waals surface area contributed by atoms with Gasteiger partial charge in [-0.05, 0) is 20.3 Å². The van der Waals surface area contributed by atoms with Gasteiger partial charge >= 0.3 is 0 Å². The fraction of sp³-hybridized carbons (Fsp3) is 0.778. The fourth-order valence-corrected chi connectivity index (χ4v) is 1.83. The summed E-state index contributed by atoms with van der Waals surface area (Å²) in [4.78, 5) is 0.